The monoisotopic (exact) mass is 316 g/mol. The molecule has 2 fully saturated rings. The molecule has 0 aromatic heterocycles. The summed E-state index contributed by atoms with van der Waals surface area (Å²) >= 11 is 0. The standard InChI is InChI=1S/C19H28N2O2/c1-3-20-11-5-9-17(20)18-10-6-12-21(18)19(22)14-15-7-4-8-16(13-15)23-2/h4,7-8,13,17-18H,3,5-6,9-12,14H2,1-2H3. The highest BCUT2D eigenvalue weighted by Crippen LogP contribution is 2.30. The Bertz CT molecular complexity index is 546. The van der Waals surface area contributed by atoms with Gasteiger partial charge in [0, 0.05) is 18.6 Å². The van der Waals surface area contributed by atoms with Crippen molar-refractivity contribution in [2.24, 2.45) is 0 Å². The molecule has 0 saturated carbocycles. The molecule has 0 spiro atoms. The van der Waals surface area contributed by atoms with Crippen LogP contribution in [0, 0.1) is 0 Å². The third-order valence-electron chi connectivity index (χ3n) is 5.37. The SMILES string of the molecule is CCN1CCCC1C1CCCN1C(=O)Cc1cccc(OC)c1. The summed E-state index contributed by atoms with van der Waals surface area (Å²) in [5.41, 5.74) is 1.04. The van der Waals surface area contributed by atoms with Crippen LogP contribution in [0.1, 0.15) is 38.2 Å². The number of hydrogen-bond acceptors (Lipinski definition) is 3. The van der Waals surface area contributed by atoms with Crippen molar-refractivity contribution in [1.82, 2.24) is 9.80 Å². The van der Waals surface area contributed by atoms with Crippen LogP contribution in [0.5, 0.6) is 5.75 Å². The number of benzene rings is 1. The van der Waals surface area contributed by atoms with E-state index in [2.05, 4.69) is 16.7 Å². The first-order chi connectivity index (χ1) is 11.2. The van der Waals surface area contributed by atoms with Crippen LogP contribution in [0.2, 0.25) is 0 Å². The Kier molecular flexibility index (Phi) is 5.21. The maximum Gasteiger partial charge on any atom is 0.227 e. The van der Waals surface area contributed by atoms with Gasteiger partial charge in [-0.3, -0.25) is 9.69 Å². The topological polar surface area (TPSA) is 32.8 Å². The molecule has 1 amide bonds. The maximum atomic E-state index is 12.8. The zero-order valence-corrected chi connectivity index (χ0v) is 14.3. The maximum absolute atomic E-state index is 12.8. The van der Waals surface area contributed by atoms with Crippen LogP contribution in [0.15, 0.2) is 24.3 Å². The van der Waals surface area contributed by atoms with E-state index in [1.807, 2.05) is 24.3 Å². The molecule has 2 saturated heterocycles. The van der Waals surface area contributed by atoms with E-state index in [0.29, 0.717) is 18.5 Å². The van der Waals surface area contributed by atoms with Gasteiger partial charge in [-0.2, -0.15) is 0 Å². The van der Waals surface area contributed by atoms with Gasteiger partial charge in [0.25, 0.3) is 0 Å². The highest BCUT2D eigenvalue weighted by atomic mass is 16.5. The van der Waals surface area contributed by atoms with Gasteiger partial charge in [0.1, 0.15) is 5.75 Å². The zero-order chi connectivity index (χ0) is 16.2. The van der Waals surface area contributed by atoms with Crippen molar-refractivity contribution in [3.05, 3.63) is 29.8 Å². The van der Waals surface area contributed by atoms with Crippen molar-refractivity contribution in [3.8, 4) is 5.75 Å². The number of methoxy groups -OCH3 is 1. The zero-order valence-electron chi connectivity index (χ0n) is 14.3. The summed E-state index contributed by atoms with van der Waals surface area (Å²) in [6.45, 7) is 5.44. The predicted octanol–water partition coefficient (Wildman–Crippen LogP) is 2.71. The lowest BCUT2D eigenvalue weighted by atomic mass is 10.0. The van der Waals surface area contributed by atoms with Gasteiger partial charge in [-0.15, -0.1) is 0 Å². The molecular formula is C19H28N2O2. The summed E-state index contributed by atoms with van der Waals surface area (Å²) in [6.07, 6.45) is 5.29. The summed E-state index contributed by atoms with van der Waals surface area (Å²) in [4.78, 5) is 17.6. The molecule has 2 aliphatic rings. The highest BCUT2D eigenvalue weighted by Gasteiger charge is 2.38. The van der Waals surface area contributed by atoms with E-state index < -0.39 is 0 Å². The Morgan fingerprint density at radius 3 is 2.78 bits per heavy atom. The molecule has 1 aromatic rings. The molecule has 4 heteroatoms. The number of nitrogens with zero attached hydrogens (tertiary/aromatic N) is 2. The molecule has 23 heavy (non-hydrogen) atoms. The second-order valence-electron chi connectivity index (χ2n) is 6.66. The second kappa shape index (κ2) is 7.35. The minimum atomic E-state index is 0.267. The van der Waals surface area contributed by atoms with Crippen molar-refractivity contribution in [3.63, 3.8) is 0 Å². The molecule has 0 aliphatic carbocycles. The molecule has 2 heterocycles. The van der Waals surface area contributed by atoms with Gasteiger partial charge < -0.3 is 9.64 Å². The van der Waals surface area contributed by atoms with Crippen LogP contribution in [-0.2, 0) is 11.2 Å². The van der Waals surface area contributed by atoms with E-state index in [1.165, 1.54) is 19.4 Å². The molecule has 2 unspecified atom stereocenters. The van der Waals surface area contributed by atoms with Crippen molar-refractivity contribution < 1.29 is 9.53 Å². The Hall–Kier alpha value is -1.55. The van der Waals surface area contributed by atoms with Gasteiger partial charge >= 0.3 is 0 Å². The summed E-state index contributed by atoms with van der Waals surface area (Å²) in [7, 11) is 1.66. The van der Waals surface area contributed by atoms with Crippen LogP contribution < -0.4 is 4.74 Å². The molecule has 0 N–H and O–H groups in total. The van der Waals surface area contributed by atoms with Crippen LogP contribution in [0.4, 0.5) is 0 Å². The lowest BCUT2D eigenvalue weighted by Crippen LogP contribution is -2.48. The molecule has 3 rings (SSSR count). The molecule has 0 radical (unpaired) electrons. The number of rotatable bonds is 5. The first-order valence-corrected chi connectivity index (χ1v) is 8.89. The molecule has 126 valence electrons. The molecule has 2 aliphatic heterocycles. The van der Waals surface area contributed by atoms with E-state index in [0.717, 1.165) is 37.2 Å². The number of likely N-dealkylation sites (N-methyl/N-ethyl adjacent to an activating group) is 1. The van der Waals surface area contributed by atoms with Crippen molar-refractivity contribution in [1.29, 1.82) is 0 Å². The summed E-state index contributed by atoms with van der Waals surface area (Å²) in [5, 5.41) is 0. The fourth-order valence-electron chi connectivity index (χ4n) is 4.24. The number of carbonyl (C=O) groups is 1. The van der Waals surface area contributed by atoms with Gasteiger partial charge in [0.05, 0.1) is 13.5 Å². The van der Waals surface area contributed by atoms with Crippen LogP contribution in [0.25, 0.3) is 0 Å². The quantitative estimate of drug-likeness (QED) is 0.837. The Morgan fingerprint density at radius 2 is 2.00 bits per heavy atom. The first kappa shape index (κ1) is 16.3. The smallest absolute Gasteiger partial charge is 0.227 e. The summed E-state index contributed by atoms with van der Waals surface area (Å²) < 4.78 is 5.26. The Labute approximate surface area is 139 Å². The molecule has 4 nitrogen and oxygen atoms in total. The molecule has 0 bridgehead atoms. The molecule has 2 atom stereocenters. The average Bonchev–Trinajstić information content (AvgIpc) is 3.23. The fraction of sp³-hybridized carbons (Fsp3) is 0.632. The number of likely N-dealkylation sites (tertiary alicyclic amines) is 2. The van der Waals surface area contributed by atoms with Gasteiger partial charge in [0.2, 0.25) is 5.91 Å². The highest BCUT2D eigenvalue weighted by molar-refractivity contribution is 5.79. The van der Waals surface area contributed by atoms with Crippen LogP contribution in [0.3, 0.4) is 0 Å². The first-order valence-electron chi connectivity index (χ1n) is 8.89. The third-order valence-corrected chi connectivity index (χ3v) is 5.37. The largest absolute Gasteiger partial charge is 0.497 e. The van der Waals surface area contributed by atoms with Crippen LogP contribution >= 0.6 is 0 Å². The number of amides is 1. The van der Waals surface area contributed by atoms with E-state index in [9.17, 15) is 4.79 Å². The van der Waals surface area contributed by atoms with Gasteiger partial charge in [-0.05, 0) is 56.5 Å². The van der Waals surface area contributed by atoms with Crippen LogP contribution in [-0.4, -0.2) is 54.5 Å². The molecular weight excluding hydrogens is 288 g/mol. The van der Waals surface area contributed by atoms with E-state index >= 15 is 0 Å². The summed E-state index contributed by atoms with van der Waals surface area (Å²) in [5.74, 6) is 1.09. The van der Waals surface area contributed by atoms with Gasteiger partial charge in [0.15, 0.2) is 0 Å². The summed E-state index contributed by atoms with van der Waals surface area (Å²) in [6, 6.07) is 8.84. The lowest BCUT2D eigenvalue weighted by Gasteiger charge is -2.34. The normalized spacial score (nSPS) is 25.0. The second-order valence-corrected chi connectivity index (χ2v) is 6.66. The van der Waals surface area contributed by atoms with Gasteiger partial charge in [-0.1, -0.05) is 19.1 Å². The van der Waals surface area contributed by atoms with E-state index in [4.69, 9.17) is 4.74 Å². The Balaban J connectivity index is 1.68. The Morgan fingerprint density at radius 1 is 1.22 bits per heavy atom. The van der Waals surface area contributed by atoms with Crippen molar-refractivity contribution in [2.75, 3.05) is 26.7 Å². The van der Waals surface area contributed by atoms with E-state index in [1.54, 1.807) is 7.11 Å². The lowest BCUT2D eigenvalue weighted by molar-refractivity contribution is -0.132. The predicted molar refractivity (Wildman–Crippen MR) is 91.7 cm³/mol. The number of carbonyl (C=O) groups excluding carboxylic acids is 1. The average molecular weight is 316 g/mol. The molecule has 1 aromatic carbocycles. The van der Waals surface area contributed by atoms with Gasteiger partial charge in [-0.25, -0.2) is 0 Å². The third kappa shape index (κ3) is 3.52. The minimum absolute atomic E-state index is 0.267. The fourth-order valence-corrected chi connectivity index (χ4v) is 4.24. The number of hydrogen-bond donors (Lipinski definition) is 0. The number of ether oxygens (including phenoxy) is 1. The van der Waals surface area contributed by atoms with Crippen molar-refractivity contribution >= 4 is 5.91 Å². The van der Waals surface area contributed by atoms with Crippen molar-refractivity contribution in [2.45, 2.75) is 51.1 Å². The van der Waals surface area contributed by atoms with E-state index in [-0.39, 0.29) is 5.91 Å². The minimum Gasteiger partial charge on any atom is -0.497 e.